The van der Waals surface area contributed by atoms with E-state index in [0.29, 0.717) is 24.3 Å². The second-order valence-corrected chi connectivity index (χ2v) is 5.15. The van der Waals surface area contributed by atoms with Crippen molar-refractivity contribution in [2.24, 2.45) is 0 Å². The summed E-state index contributed by atoms with van der Waals surface area (Å²) in [5, 5.41) is 11.9. The summed E-state index contributed by atoms with van der Waals surface area (Å²) in [5.74, 6) is 0.381. The molecule has 0 amide bonds. The monoisotopic (exact) mass is 243 g/mol. The molecule has 1 rings (SSSR count). The smallest absolute Gasteiger partial charge is 0.217 e. The third-order valence-electron chi connectivity index (χ3n) is 1.80. The van der Waals surface area contributed by atoms with Gasteiger partial charge < -0.3 is 4.52 Å². The minimum Gasteiger partial charge on any atom is -0.361 e. The zero-order valence-electron chi connectivity index (χ0n) is 8.93. The van der Waals surface area contributed by atoms with Crippen molar-refractivity contribution in [3.05, 3.63) is 17.5 Å². The number of sulfonamides is 1. The summed E-state index contributed by atoms with van der Waals surface area (Å²) >= 11 is 0. The third-order valence-corrected chi connectivity index (χ3v) is 3.12. The van der Waals surface area contributed by atoms with Crippen LogP contribution in [0.2, 0.25) is 0 Å². The van der Waals surface area contributed by atoms with Crippen LogP contribution in [0.3, 0.4) is 0 Å². The maximum absolute atomic E-state index is 11.5. The number of aryl methyl sites for hydroxylation is 1. The molecule has 0 atom stereocenters. The fourth-order valence-electron chi connectivity index (χ4n) is 1.13. The quantitative estimate of drug-likeness (QED) is 0.742. The molecule has 0 saturated carbocycles. The van der Waals surface area contributed by atoms with Crippen molar-refractivity contribution in [1.29, 1.82) is 5.26 Å². The van der Waals surface area contributed by atoms with Crippen LogP contribution in [0.1, 0.15) is 24.3 Å². The van der Waals surface area contributed by atoms with Crippen molar-refractivity contribution in [2.45, 2.75) is 25.5 Å². The van der Waals surface area contributed by atoms with E-state index < -0.39 is 10.0 Å². The minimum absolute atomic E-state index is 0.198. The Labute approximate surface area is 94.3 Å². The van der Waals surface area contributed by atoms with Crippen LogP contribution in [-0.2, 0) is 15.8 Å². The highest BCUT2D eigenvalue weighted by Gasteiger charge is 2.13. The lowest BCUT2D eigenvalue weighted by atomic mass is 10.3. The number of nitrogens with one attached hydrogen (secondary N) is 1. The SMILES string of the molecule is Cc1cc(CS(=O)(=O)NCCCC#N)no1. The van der Waals surface area contributed by atoms with E-state index in [1.807, 2.05) is 6.07 Å². The van der Waals surface area contributed by atoms with Gasteiger partial charge in [0.25, 0.3) is 0 Å². The van der Waals surface area contributed by atoms with Gasteiger partial charge in [-0.2, -0.15) is 5.26 Å². The van der Waals surface area contributed by atoms with E-state index in [1.54, 1.807) is 13.0 Å². The largest absolute Gasteiger partial charge is 0.361 e. The lowest BCUT2D eigenvalue weighted by Crippen LogP contribution is -2.26. The first kappa shape index (κ1) is 12.7. The van der Waals surface area contributed by atoms with Gasteiger partial charge in [-0.3, -0.25) is 0 Å². The van der Waals surface area contributed by atoms with Gasteiger partial charge in [-0.1, -0.05) is 5.16 Å². The number of hydrogen-bond donors (Lipinski definition) is 1. The Balaban J connectivity index is 2.43. The summed E-state index contributed by atoms with van der Waals surface area (Å²) in [6.07, 6.45) is 0.846. The fraction of sp³-hybridized carbons (Fsp3) is 0.556. The highest BCUT2D eigenvalue weighted by molar-refractivity contribution is 7.88. The lowest BCUT2D eigenvalue weighted by Gasteiger charge is -2.02. The van der Waals surface area contributed by atoms with Gasteiger partial charge in [-0.15, -0.1) is 0 Å². The van der Waals surface area contributed by atoms with Gasteiger partial charge in [0.05, 0.1) is 6.07 Å². The molecule has 88 valence electrons. The minimum atomic E-state index is -3.38. The molecule has 0 spiro atoms. The molecule has 0 radical (unpaired) electrons. The zero-order valence-corrected chi connectivity index (χ0v) is 9.75. The molecule has 1 heterocycles. The second-order valence-electron chi connectivity index (χ2n) is 3.34. The summed E-state index contributed by atoms with van der Waals surface area (Å²) in [6.45, 7) is 1.97. The molecule has 7 heteroatoms. The molecule has 1 aromatic heterocycles. The number of nitriles is 1. The van der Waals surface area contributed by atoms with Crippen molar-refractivity contribution in [1.82, 2.24) is 9.88 Å². The molecule has 0 aliphatic carbocycles. The van der Waals surface area contributed by atoms with E-state index in [2.05, 4.69) is 9.88 Å². The number of rotatable bonds is 6. The molecule has 0 bridgehead atoms. The van der Waals surface area contributed by atoms with Gasteiger partial charge in [-0.25, -0.2) is 13.1 Å². The van der Waals surface area contributed by atoms with E-state index in [9.17, 15) is 8.42 Å². The van der Waals surface area contributed by atoms with Crippen molar-refractivity contribution in [3.63, 3.8) is 0 Å². The maximum Gasteiger partial charge on any atom is 0.217 e. The van der Waals surface area contributed by atoms with Gasteiger partial charge >= 0.3 is 0 Å². The lowest BCUT2D eigenvalue weighted by molar-refractivity contribution is 0.392. The Bertz CT molecular complexity index is 472. The van der Waals surface area contributed by atoms with Gasteiger partial charge in [0.1, 0.15) is 17.2 Å². The summed E-state index contributed by atoms with van der Waals surface area (Å²) in [7, 11) is -3.38. The average molecular weight is 243 g/mol. The van der Waals surface area contributed by atoms with Crippen molar-refractivity contribution >= 4 is 10.0 Å². The summed E-state index contributed by atoms with van der Waals surface area (Å²) in [4.78, 5) is 0. The molecule has 0 aliphatic heterocycles. The molecule has 0 fully saturated rings. The first-order valence-electron chi connectivity index (χ1n) is 4.80. The standard InChI is InChI=1S/C9H13N3O3S/c1-8-6-9(12-15-8)7-16(13,14)11-5-3-2-4-10/h6,11H,2-3,5,7H2,1H3. The average Bonchev–Trinajstić information content (AvgIpc) is 2.58. The van der Waals surface area contributed by atoms with Gasteiger partial charge in [0, 0.05) is 19.0 Å². The zero-order chi connectivity index (χ0) is 12.0. The van der Waals surface area contributed by atoms with Crippen LogP contribution in [0.25, 0.3) is 0 Å². The predicted octanol–water partition coefficient (Wildman–Crippen LogP) is 0.706. The molecule has 0 saturated heterocycles. The van der Waals surface area contributed by atoms with Crippen LogP contribution in [0.4, 0.5) is 0 Å². The molecule has 6 nitrogen and oxygen atoms in total. The van der Waals surface area contributed by atoms with E-state index in [4.69, 9.17) is 9.78 Å². The number of aromatic nitrogens is 1. The second kappa shape index (κ2) is 5.63. The summed E-state index contributed by atoms with van der Waals surface area (Å²) in [6, 6.07) is 3.52. The Morgan fingerprint density at radius 1 is 1.62 bits per heavy atom. The van der Waals surface area contributed by atoms with Gasteiger partial charge in [0.15, 0.2) is 0 Å². The molecular weight excluding hydrogens is 230 g/mol. The van der Waals surface area contributed by atoms with Crippen LogP contribution >= 0.6 is 0 Å². The number of nitrogens with zero attached hydrogens (tertiary/aromatic N) is 2. The van der Waals surface area contributed by atoms with E-state index in [1.165, 1.54) is 0 Å². The normalized spacial score (nSPS) is 11.2. The third kappa shape index (κ3) is 4.42. The Morgan fingerprint density at radius 2 is 2.38 bits per heavy atom. The molecule has 16 heavy (non-hydrogen) atoms. The molecule has 0 aromatic carbocycles. The molecule has 1 aromatic rings. The topological polar surface area (TPSA) is 96.0 Å². The van der Waals surface area contributed by atoms with Crippen molar-refractivity contribution < 1.29 is 12.9 Å². The predicted molar refractivity (Wildman–Crippen MR) is 56.7 cm³/mol. The first-order valence-corrected chi connectivity index (χ1v) is 6.45. The Morgan fingerprint density at radius 3 is 2.94 bits per heavy atom. The van der Waals surface area contributed by atoms with Crippen molar-refractivity contribution in [2.75, 3.05) is 6.54 Å². The van der Waals surface area contributed by atoms with E-state index >= 15 is 0 Å². The van der Waals surface area contributed by atoms with Crippen LogP contribution < -0.4 is 4.72 Å². The highest BCUT2D eigenvalue weighted by Crippen LogP contribution is 2.05. The molecule has 0 unspecified atom stereocenters. The van der Waals surface area contributed by atoms with Gasteiger partial charge in [0.2, 0.25) is 10.0 Å². The van der Waals surface area contributed by atoms with Crippen LogP contribution in [-0.4, -0.2) is 20.1 Å². The van der Waals surface area contributed by atoms with E-state index in [0.717, 1.165) is 0 Å². The number of unbranched alkanes of at least 4 members (excludes halogenated alkanes) is 1. The first-order chi connectivity index (χ1) is 7.53. The van der Waals surface area contributed by atoms with Crippen molar-refractivity contribution in [3.8, 4) is 6.07 Å². The summed E-state index contributed by atoms with van der Waals surface area (Å²) < 4.78 is 30.2. The summed E-state index contributed by atoms with van der Waals surface area (Å²) in [5.41, 5.74) is 0.380. The molecular formula is C9H13N3O3S. The molecule has 1 N–H and O–H groups in total. The Hall–Kier alpha value is -1.39. The number of hydrogen-bond acceptors (Lipinski definition) is 5. The fourth-order valence-corrected chi connectivity index (χ4v) is 2.21. The van der Waals surface area contributed by atoms with E-state index in [-0.39, 0.29) is 12.3 Å². The molecule has 0 aliphatic rings. The highest BCUT2D eigenvalue weighted by atomic mass is 32.2. The van der Waals surface area contributed by atoms with Crippen LogP contribution in [0, 0.1) is 18.3 Å². The van der Waals surface area contributed by atoms with Crippen LogP contribution in [0.5, 0.6) is 0 Å². The maximum atomic E-state index is 11.5. The Kier molecular flexibility index (Phi) is 4.46. The van der Waals surface area contributed by atoms with Crippen LogP contribution in [0.15, 0.2) is 10.6 Å². The van der Waals surface area contributed by atoms with Gasteiger partial charge in [-0.05, 0) is 13.3 Å².